The van der Waals surface area contributed by atoms with Crippen molar-refractivity contribution in [1.29, 1.82) is 0 Å². The van der Waals surface area contributed by atoms with Crippen LogP contribution in [0.2, 0.25) is 0 Å². The Morgan fingerprint density at radius 3 is 3.00 bits per heavy atom. The second-order valence-corrected chi connectivity index (χ2v) is 5.66. The molecule has 0 radical (unpaired) electrons. The van der Waals surface area contributed by atoms with E-state index in [0.29, 0.717) is 25.1 Å². The molecule has 5 heteroatoms. The summed E-state index contributed by atoms with van der Waals surface area (Å²) in [4.78, 5) is 13.8. The first-order valence-corrected chi connectivity index (χ1v) is 7.52. The fourth-order valence-corrected chi connectivity index (χ4v) is 2.71. The maximum absolute atomic E-state index is 13.5. The summed E-state index contributed by atoms with van der Waals surface area (Å²) in [5.74, 6) is -0.0880. The molecule has 1 aliphatic heterocycles. The van der Waals surface area contributed by atoms with E-state index in [1.54, 1.807) is 30.0 Å². The molecule has 1 heterocycles. The number of urea groups is 1. The van der Waals surface area contributed by atoms with Gasteiger partial charge in [-0.25, -0.2) is 9.18 Å². The van der Waals surface area contributed by atoms with Crippen LogP contribution in [0.25, 0.3) is 0 Å². The minimum atomic E-state index is -0.390. The summed E-state index contributed by atoms with van der Waals surface area (Å²) in [6.07, 6.45) is 1.96. The lowest BCUT2D eigenvalue weighted by molar-refractivity contribution is 0.0740. The lowest BCUT2D eigenvalue weighted by atomic mass is 9.94. The number of hydrogen-bond donors (Lipinski definition) is 2. The topological polar surface area (TPSA) is 52.6 Å². The number of aliphatic hydroxyl groups is 1. The highest BCUT2D eigenvalue weighted by Gasteiger charge is 2.26. The van der Waals surface area contributed by atoms with Crippen molar-refractivity contribution in [2.75, 3.05) is 19.6 Å². The van der Waals surface area contributed by atoms with E-state index in [1.807, 2.05) is 0 Å². The van der Waals surface area contributed by atoms with Crippen LogP contribution >= 0.6 is 0 Å². The lowest BCUT2D eigenvalue weighted by Gasteiger charge is -2.34. The number of carbonyl (C=O) groups excluding carboxylic acids is 1. The molecule has 0 aromatic heterocycles. The Kier molecular flexibility index (Phi) is 5.56. The number of halogens is 1. The summed E-state index contributed by atoms with van der Waals surface area (Å²) in [5, 5.41) is 12.5. The van der Waals surface area contributed by atoms with Crippen LogP contribution in [0.15, 0.2) is 24.3 Å². The molecule has 1 aliphatic rings. The summed E-state index contributed by atoms with van der Waals surface area (Å²) in [5.41, 5.74) is 0.610. The van der Waals surface area contributed by atoms with Crippen molar-refractivity contribution in [1.82, 2.24) is 10.2 Å². The zero-order valence-electron chi connectivity index (χ0n) is 12.4. The van der Waals surface area contributed by atoms with Gasteiger partial charge in [0.15, 0.2) is 0 Å². The van der Waals surface area contributed by atoms with Crippen LogP contribution in [0.5, 0.6) is 0 Å². The minimum absolute atomic E-state index is 0.128. The Balaban J connectivity index is 1.78. The molecular formula is C16H23FN2O2. The molecule has 2 N–H and O–H groups in total. The normalized spacial score (nSPS) is 20.1. The van der Waals surface area contributed by atoms with Crippen molar-refractivity contribution < 1.29 is 14.3 Å². The highest BCUT2D eigenvalue weighted by atomic mass is 19.1. The summed E-state index contributed by atoms with van der Waals surface area (Å²) in [6, 6.07) is 6.47. The molecule has 1 saturated heterocycles. The molecule has 2 atom stereocenters. The minimum Gasteiger partial charge on any atom is -0.393 e. The second-order valence-electron chi connectivity index (χ2n) is 5.66. The van der Waals surface area contributed by atoms with Crippen molar-refractivity contribution in [2.24, 2.45) is 5.92 Å². The fraction of sp³-hybridized carbons (Fsp3) is 0.562. The van der Waals surface area contributed by atoms with Crippen molar-refractivity contribution >= 4 is 6.03 Å². The van der Waals surface area contributed by atoms with Crippen LogP contribution in [0.3, 0.4) is 0 Å². The smallest absolute Gasteiger partial charge is 0.317 e. The molecule has 116 valence electrons. The first kappa shape index (κ1) is 15.8. The van der Waals surface area contributed by atoms with Gasteiger partial charge >= 0.3 is 6.03 Å². The van der Waals surface area contributed by atoms with Gasteiger partial charge in [0.2, 0.25) is 0 Å². The first-order chi connectivity index (χ1) is 10.1. The van der Waals surface area contributed by atoms with E-state index in [4.69, 9.17) is 0 Å². The highest BCUT2D eigenvalue weighted by Crippen LogP contribution is 2.19. The number of nitrogens with one attached hydrogen (secondary N) is 1. The first-order valence-electron chi connectivity index (χ1n) is 7.52. The number of aliphatic hydroxyl groups excluding tert-OH is 1. The number of rotatable bonds is 4. The fourth-order valence-electron chi connectivity index (χ4n) is 2.71. The van der Waals surface area contributed by atoms with E-state index in [-0.39, 0.29) is 23.9 Å². The molecule has 2 rings (SSSR count). The molecule has 1 fully saturated rings. The third-order valence-corrected chi connectivity index (χ3v) is 4.06. The van der Waals surface area contributed by atoms with Crippen LogP contribution in [-0.4, -0.2) is 41.8 Å². The van der Waals surface area contributed by atoms with E-state index >= 15 is 0 Å². The highest BCUT2D eigenvalue weighted by molar-refractivity contribution is 5.74. The van der Waals surface area contributed by atoms with E-state index < -0.39 is 0 Å². The number of carbonyl (C=O) groups is 1. The Morgan fingerprint density at radius 2 is 2.29 bits per heavy atom. The van der Waals surface area contributed by atoms with Gasteiger partial charge in [0.05, 0.1) is 6.10 Å². The molecule has 2 amide bonds. The van der Waals surface area contributed by atoms with Crippen molar-refractivity contribution in [2.45, 2.75) is 32.3 Å². The molecule has 0 bridgehead atoms. The van der Waals surface area contributed by atoms with Crippen LogP contribution in [0, 0.1) is 11.7 Å². The Bertz CT molecular complexity index is 479. The van der Waals surface area contributed by atoms with Crippen LogP contribution in [0.4, 0.5) is 9.18 Å². The van der Waals surface area contributed by atoms with Crippen LogP contribution in [-0.2, 0) is 6.42 Å². The third-order valence-electron chi connectivity index (χ3n) is 4.06. The number of amides is 2. The quantitative estimate of drug-likeness (QED) is 0.894. The number of hydrogen-bond acceptors (Lipinski definition) is 2. The maximum atomic E-state index is 13.5. The summed E-state index contributed by atoms with van der Waals surface area (Å²) < 4.78 is 13.5. The molecule has 2 unspecified atom stereocenters. The predicted octanol–water partition coefficient (Wildman–Crippen LogP) is 2.17. The standard InChI is InChI=1S/C16H23FN2O2/c1-12(20)14-6-4-10-19(11-14)16(21)18-9-8-13-5-2-3-7-15(13)17/h2-3,5,7,12,14,20H,4,6,8-11H2,1H3,(H,18,21). The average Bonchev–Trinajstić information content (AvgIpc) is 2.49. The Morgan fingerprint density at radius 1 is 1.52 bits per heavy atom. The maximum Gasteiger partial charge on any atom is 0.317 e. The predicted molar refractivity (Wildman–Crippen MR) is 79.5 cm³/mol. The SMILES string of the molecule is CC(O)C1CCCN(C(=O)NCCc2ccccc2F)C1. The Hall–Kier alpha value is -1.62. The number of nitrogens with zero attached hydrogens (tertiary/aromatic N) is 1. The molecule has 0 spiro atoms. The third kappa shape index (κ3) is 4.43. The van der Waals surface area contributed by atoms with Crippen molar-refractivity contribution in [3.8, 4) is 0 Å². The van der Waals surface area contributed by atoms with Gasteiger partial charge in [0.25, 0.3) is 0 Å². The van der Waals surface area contributed by atoms with Gasteiger partial charge < -0.3 is 15.3 Å². The average molecular weight is 294 g/mol. The van der Waals surface area contributed by atoms with Gasteiger partial charge in [0, 0.05) is 25.6 Å². The largest absolute Gasteiger partial charge is 0.393 e. The Labute approximate surface area is 125 Å². The van der Waals surface area contributed by atoms with E-state index in [9.17, 15) is 14.3 Å². The van der Waals surface area contributed by atoms with E-state index in [2.05, 4.69) is 5.32 Å². The van der Waals surface area contributed by atoms with Gasteiger partial charge in [-0.05, 0) is 37.8 Å². The lowest BCUT2D eigenvalue weighted by Crippen LogP contribution is -2.47. The number of benzene rings is 1. The summed E-state index contributed by atoms with van der Waals surface area (Å²) in [6.45, 7) is 3.48. The number of likely N-dealkylation sites (tertiary alicyclic amines) is 1. The van der Waals surface area contributed by atoms with Gasteiger partial charge in [-0.15, -0.1) is 0 Å². The number of piperidine rings is 1. The zero-order valence-corrected chi connectivity index (χ0v) is 12.4. The monoisotopic (exact) mass is 294 g/mol. The van der Waals surface area contributed by atoms with E-state index in [0.717, 1.165) is 19.4 Å². The molecule has 4 nitrogen and oxygen atoms in total. The summed E-state index contributed by atoms with van der Waals surface area (Å²) in [7, 11) is 0. The van der Waals surface area contributed by atoms with Crippen LogP contribution < -0.4 is 5.32 Å². The molecule has 0 saturated carbocycles. The molecule has 0 aliphatic carbocycles. The van der Waals surface area contributed by atoms with Crippen LogP contribution in [0.1, 0.15) is 25.3 Å². The molecule has 1 aromatic rings. The van der Waals surface area contributed by atoms with Gasteiger partial charge in [0.1, 0.15) is 5.82 Å². The van der Waals surface area contributed by atoms with Gasteiger partial charge in [-0.2, -0.15) is 0 Å². The van der Waals surface area contributed by atoms with Gasteiger partial charge in [-0.1, -0.05) is 18.2 Å². The summed E-state index contributed by atoms with van der Waals surface area (Å²) >= 11 is 0. The molecular weight excluding hydrogens is 271 g/mol. The van der Waals surface area contributed by atoms with Crippen molar-refractivity contribution in [3.63, 3.8) is 0 Å². The zero-order chi connectivity index (χ0) is 15.2. The molecule has 21 heavy (non-hydrogen) atoms. The molecule has 1 aromatic carbocycles. The van der Waals surface area contributed by atoms with Gasteiger partial charge in [-0.3, -0.25) is 0 Å². The van der Waals surface area contributed by atoms with Crippen molar-refractivity contribution in [3.05, 3.63) is 35.6 Å². The second kappa shape index (κ2) is 7.41. The van der Waals surface area contributed by atoms with E-state index in [1.165, 1.54) is 6.07 Å².